The van der Waals surface area contributed by atoms with Crippen molar-refractivity contribution < 1.29 is 32.9 Å². The molecule has 0 heterocycles. The third kappa shape index (κ3) is 7.12. The van der Waals surface area contributed by atoms with Crippen LogP contribution in [0.3, 0.4) is 0 Å². The van der Waals surface area contributed by atoms with Gasteiger partial charge in [0.2, 0.25) is 10.0 Å². The van der Waals surface area contributed by atoms with Gasteiger partial charge in [0.05, 0.1) is 12.1 Å². The Kier molecular flexibility index (Phi) is 9.57. The van der Waals surface area contributed by atoms with Crippen LogP contribution in [-0.4, -0.2) is 42.6 Å². The lowest BCUT2D eigenvalue weighted by molar-refractivity contribution is -0.139. The number of nitrogens with zero attached hydrogens (tertiary/aromatic N) is 1. The maximum absolute atomic E-state index is 14.0. The van der Waals surface area contributed by atoms with Crippen molar-refractivity contribution in [2.75, 3.05) is 13.7 Å². The van der Waals surface area contributed by atoms with E-state index in [1.807, 2.05) is 49.4 Å². The van der Waals surface area contributed by atoms with E-state index < -0.39 is 22.6 Å². The van der Waals surface area contributed by atoms with Crippen molar-refractivity contribution in [3.05, 3.63) is 119 Å². The largest absolute Gasteiger partial charge is 0.508 e. The Labute approximate surface area is 250 Å². The number of carboxylic acid groups (broad SMARTS) is 1. The summed E-state index contributed by atoms with van der Waals surface area (Å²) in [7, 11) is -2.64. The van der Waals surface area contributed by atoms with Crippen LogP contribution in [0.2, 0.25) is 5.02 Å². The second-order valence-electron chi connectivity index (χ2n) is 9.54. The van der Waals surface area contributed by atoms with Crippen LogP contribution < -0.4 is 9.47 Å². The first-order valence-electron chi connectivity index (χ1n) is 12.8. The van der Waals surface area contributed by atoms with Crippen LogP contribution in [0, 0.1) is 6.92 Å². The molecule has 0 radical (unpaired) electrons. The number of hydrogen-bond donors (Lipinski definition) is 2. The third-order valence-electron chi connectivity index (χ3n) is 6.59. The molecule has 42 heavy (non-hydrogen) atoms. The number of carboxylic acids is 1. The molecule has 0 spiro atoms. The Morgan fingerprint density at radius 1 is 0.881 bits per heavy atom. The van der Waals surface area contributed by atoms with Crippen molar-refractivity contribution in [2.45, 2.75) is 24.9 Å². The number of rotatable bonds is 12. The first-order chi connectivity index (χ1) is 20.0. The van der Waals surface area contributed by atoms with Gasteiger partial charge in [-0.25, -0.2) is 13.2 Å². The van der Waals surface area contributed by atoms with E-state index in [-0.39, 0.29) is 40.3 Å². The summed E-state index contributed by atoms with van der Waals surface area (Å²) < 4.78 is 39.8. The molecule has 0 saturated heterocycles. The summed E-state index contributed by atoms with van der Waals surface area (Å²) in [6.45, 7) is 4.99. The van der Waals surface area contributed by atoms with Gasteiger partial charge in [0.1, 0.15) is 22.2 Å². The number of aliphatic carboxylic acids is 1. The summed E-state index contributed by atoms with van der Waals surface area (Å²) >= 11 is 6.32. The zero-order valence-electron chi connectivity index (χ0n) is 23.1. The molecular weight excluding hydrogens is 578 g/mol. The molecule has 0 aliphatic rings. The molecule has 10 heteroatoms. The Hall–Kier alpha value is -4.31. The van der Waals surface area contributed by atoms with Crippen LogP contribution >= 0.6 is 11.6 Å². The molecule has 0 aromatic heterocycles. The molecule has 0 unspecified atom stereocenters. The molecule has 0 atom stereocenters. The van der Waals surface area contributed by atoms with Crippen molar-refractivity contribution in [3.8, 4) is 22.6 Å². The van der Waals surface area contributed by atoms with Gasteiger partial charge in [0.15, 0.2) is 6.61 Å². The van der Waals surface area contributed by atoms with Crippen LogP contribution in [-0.2, 0) is 27.9 Å². The number of halogens is 1. The molecule has 2 N–H and O–H groups in total. The average Bonchev–Trinajstić information content (AvgIpc) is 2.96. The summed E-state index contributed by atoms with van der Waals surface area (Å²) in [5.41, 5.74) is 4.66. The molecule has 4 aromatic rings. The van der Waals surface area contributed by atoms with Crippen molar-refractivity contribution in [3.63, 3.8) is 0 Å². The van der Waals surface area contributed by atoms with Gasteiger partial charge in [-0.05, 0) is 65.1 Å². The fourth-order valence-corrected chi connectivity index (χ4v) is 6.25. The van der Waals surface area contributed by atoms with E-state index in [9.17, 15) is 18.3 Å². The monoisotopic (exact) mass is 607 g/mol. The van der Waals surface area contributed by atoms with Gasteiger partial charge < -0.3 is 19.7 Å². The number of aryl methyl sites for hydroxylation is 1. The molecule has 0 bridgehead atoms. The lowest BCUT2D eigenvalue weighted by atomic mass is 9.98. The molecule has 8 nitrogen and oxygen atoms in total. The lowest BCUT2D eigenvalue weighted by Crippen LogP contribution is -2.30. The van der Waals surface area contributed by atoms with E-state index in [1.54, 1.807) is 30.3 Å². The third-order valence-corrected chi connectivity index (χ3v) is 8.71. The average molecular weight is 608 g/mol. The minimum atomic E-state index is -4.05. The predicted octanol–water partition coefficient (Wildman–Crippen LogP) is 6.71. The molecule has 0 saturated carbocycles. The zero-order valence-corrected chi connectivity index (χ0v) is 24.7. The van der Waals surface area contributed by atoms with Gasteiger partial charge >= 0.3 is 5.97 Å². The standard InChI is InChI=1S/C32H30ClNO7S/c1-21-8-12-26(17-27(21)22(2)35)25-13-9-23(10-14-25)18-34(42(38,39)31-7-5-4-6-30(31)40-3)19-24-11-15-29(28(33)16-24)41-20-32(36)37/h4-17,35H,2,18-20H2,1,3H3,(H,36,37). The Balaban J connectivity index is 1.67. The molecule has 4 rings (SSSR count). The van der Waals surface area contributed by atoms with E-state index in [0.717, 1.165) is 22.3 Å². The van der Waals surface area contributed by atoms with Crippen LogP contribution in [0.15, 0.2) is 96.4 Å². The maximum Gasteiger partial charge on any atom is 0.341 e. The highest BCUT2D eigenvalue weighted by Crippen LogP contribution is 2.32. The Morgan fingerprint density at radius 2 is 1.52 bits per heavy atom. The van der Waals surface area contributed by atoms with Crippen LogP contribution in [0.25, 0.3) is 16.9 Å². The van der Waals surface area contributed by atoms with Gasteiger partial charge in [-0.2, -0.15) is 4.31 Å². The number of methoxy groups -OCH3 is 1. The van der Waals surface area contributed by atoms with Crippen LogP contribution in [0.5, 0.6) is 11.5 Å². The molecular formula is C32H30ClNO7S. The topological polar surface area (TPSA) is 113 Å². The molecule has 0 aliphatic heterocycles. The number of hydrogen-bond acceptors (Lipinski definition) is 6. The smallest absolute Gasteiger partial charge is 0.341 e. The molecule has 0 amide bonds. The number of aliphatic hydroxyl groups excluding tert-OH is 1. The van der Waals surface area contributed by atoms with Gasteiger partial charge in [0, 0.05) is 18.7 Å². The highest BCUT2D eigenvalue weighted by Gasteiger charge is 2.28. The SMILES string of the molecule is C=C(O)c1cc(-c2ccc(CN(Cc3ccc(OCC(=O)O)c(Cl)c3)S(=O)(=O)c3ccccc3OC)cc2)ccc1C. The number of benzene rings is 4. The van der Waals surface area contributed by atoms with Gasteiger partial charge in [0.25, 0.3) is 0 Å². The summed E-state index contributed by atoms with van der Waals surface area (Å²) in [5, 5.41) is 19.0. The molecule has 0 fully saturated rings. The number of para-hydroxylation sites is 1. The lowest BCUT2D eigenvalue weighted by Gasteiger charge is -2.24. The van der Waals surface area contributed by atoms with Gasteiger partial charge in [-0.1, -0.05) is 72.8 Å². The molecule has 218 valence electrons. The van der Waals surface area contributed by atoms with Crippen molar-refractivity contribution in [2.24, 2.45) is 0 Å². The van der Waals surface area contributed by atoms with Crippen molar-refractivity contribution in [1.29, 1.82) is 0 Å². The zero-order chi connectivity index (χ0) is 30.4. The second-order valence-corrected chi connectivity index (χ2v) is 11.9. The highest BCUT2D eigenvalue weighted by molar-refractivity contribution is 7.89. The Bertz CT molecular complexity index is 1720. The second kappa shape index (κ2) is 13.1. The van der Waals surface area contributed by atoms with Gasteiger partial charge in [-0.15, -0.1) is 0 Å². The number of sulfonamides is 1. The number of carbonyl (C=O) groups is 1. The fraction of sp³-hybridized carbons (Fsp3) is 0.156. The van der Waals surface area contributed by atoms with Crippen LogP contribution in [0.4, 0.5) is 0 Å². The van der Waals surface area contributed by atoms with Crippen LogP contribution in [0.1, 0.15) is 22.3 Å². The minimum absolute atomic E-state index is 0.00950. The molecule has 4 aromatic carbocycles. The first-order valence-corrected chi connectivity index (χ1v) is 14.7. The predicted molar refractivity (Wildman–Crippen MR) is 162 cm³/mol. The van der Waals surface area contributed by atoms with E-state index in [1.165, 1.54) is 23.5 Å². The number of aliphatic hydroxyl groups is 1. The number of ether oxygens (including phenoxy) is 2. The van der Waals surface area contributed by atoms with Crippen molar-refractivity contribution >= 4 is 33.4 Å². The Morgan fingerprint density at radius 3 is 2.17 bits per heavy atom. The summed E-state index contributed by atoms with van der Waals surface area (Å²) in [5.74, 6) is -0.753. The molecule has 0 aliphatic carbocycles. The first kappa shape index (κ1) is 30.6. The summed E-state index contributed by atoms with van der Waals surface area (Å²) in [6.07, 6.45) is 0. The van der Waals surface area contributed by atoms with E-state index in [2.05, 4.69) is 6.58 Å². The quantitative estimate of drug-likeness (QED) is 0.172. The highest BCUT2D eigenvalue weighted by atomic mass is 35.5. The summed E-state index contributed by atoms with van der Waals surface area (Å²) in [4.78, 5) is 10.9. The normalized spacial score (nSPS) is 11.3. The maximum atomic E-state index is 14.0. The minimum Gasteiger partial charge on any atom is -0.508 e. The fourth-order valence-electron chi connectivity index (χ4n) is 4.42. The van der Waals surface area contributed by atoms with E-state index in [0.29, 0.717) is 11.1 Å². The van der Waals surface area contributed by atoms with Gasteiger partial charge in [-0.3, -0.25) is 0 Å². The van der Waals surface area contributed by atoms with Crippen molar-refractivity contribution in [1.82, 2.24) is 4.31 Å². The van der Waals surface area contributed by atoms with E-state index >= 15 is 0 Å². The van der Waals surface area contributed by atoms with E-state index in [4.69, 9.17) is 26.2 Å². The summed E-state index contributed by atoms with van der Waals surface area (Å²) in [6, 6.07) is 24.3.